The molecule has 1 fully saturated rings. The van der Waals surface area contributed by atoms with Gasteiger partial charge in [-0.3, -0.25) is 9.59 Å². The molecule has 1 aliphatic rings. The lowest BCUT2D eigenvalue weighted by molar-refractivity contribution is -0.109. The van der Waals surface area contributed by atoms with Gasteiger partial charge in [-0.1, -0.05) is 95.8 Å². The highest BCUT2D eigenvalue weighted by molar-refractivity contribution is 6.31. The number of halogens is 3. The second-order valence-corrected chi connectivity index (χ2v) is 11.4. The van der Waals surface area contributed by atoms with Crippen LogP contribution in [0.4, 0.5) is 10.1 Å². The molecule has 2 aromatic rings. The van der Waals surface area contributed by atoms with E-state index in [1.807, 2.05) is 19.9 Å². The molecular formula is C32H51Cl2FN4O3. The van der Waals surface area contributed by atoms with Gasteiger partial charge in [0.05, 0.1) is 18.2 Å². The molecular weight excluding hydrogens is 578 g/mol. The summed E-state index contributed by atoms with van der Waals surface area (Å²) in [5.41, 5.74) is 2.72. The lowest BCUT2D eigenvalue weighted by atomic mass is 9.88. The minimum Gasteiger partial charge on any atom is -0.379 e. The number of morpholine rings is 1. The maximum atomic E-state index is 14.0. The van der Waals surface area contributed by atoms with Gasteiger partial charge in [0.1, 0.15) is 5.82 Å². The molecule has 238 valence electrons. The fraction of sp³-hybridized carbons (Fsp3) is 0.562. The summed E-state index contributed by atoms with van der Waals surface area (Å²) in [6, 6.07) is 10.3. The van der Waals surface area contributed by atoms with Crippen LogP contribution in [0.2, 0.25) is 10.0 Å². The van der Waals surface area contributed by atoms with Crippen molar-refractivity contribution >= 4 is 41.7 Å². The van der Waals surface area contributed by atoms with E-state index in [1.54, 1.807) is 24.3 Å². The molecule has 1 atom stereocenters. The second kappa shape index (κ2) is 24.2. The molecule has 0 radical (unpaired) electrons. The van der Waals surface area contributed by atoms with Crippen LogP contribution in [0.1, 0.15) is 77.8 Å². The van der Waals surface area contributed by atoms with Crippen LogP contribution >= 0.6 is 23.2 Å². The van der Waals surface area contributed by atoms with Crippen molar-refractivity contribution in [1.82, 2.24) is 16.0 Å². The molecule has 3 rings (SSSR count). The summed E-state index contributed by atoms with van der Waals surface area (Å²) in [6.07, 6.45) is 4.92. The Morgan fingerprint density at radius 3 is 2.17 bits per heavy atom. The molecule has 0 spiro atoms. The number of rotatable bonds is 12. The van der Waals surface area contributed by atoms with Crippen LogP contribution in [0.15, 0.2) is 36.4 Å². The normalized spacial score (nSPS) is 13.1. The molecule has 1 aliphatic heterocycles. The van der Waals surface area contributed by atoms with Gasteiger partial charge in [-0.2, -0.15) is 0 Å². The lowest BCUT2D eigenvalue weighted by Crippen LogP contribution is -2.30. The topological polar surface area (TPSA) is 91.5 Å². The minimum absolute atomic E-state index is 0.0384. The Morgan fingerprint density at radius 1 is 1.05 bits per heavy atom. The number of hydrogen-bond donors (Lipinski definition) is 4. The standard InChI is InChI=1S/C17H17Cl2FN2O.C7H16.2C4H9NO/c1-11(14-3-2-4-15(19)17(14)20)8-21-9-12-5-6-13(18)7-16(12)22-10-23;1-5-7(3,4)6-2;1-3-6-4-2-5-1;1-2-3-5-4-6/h2-7,10-11,21H,8-9H2,1H3,(H,22,23);5-6H2,1-4H3;5H,1-4H2;4H,2-3H2,1H3,(H,5,6). The summed E-state index contributed by atoms with van der Waals surface area (Å²) in [5.74, 6) is -0.415. The van der Waals surface area contributed by atoms with Gasteiger partial charge in [0.25, 0.3) is 0 Å². The molecule has 2 amide bonds. The quantitative estimate of drug-likeness (QED) is 0.148. The van der Waals surface area contributed by atoms with Crippen molar-refractivity contribution in [3.63, 3.8) is 0 Å². The van der Waals surface area contributed by atoms with Gasteiger partial charge in [-0.05, 0) is 47.1 Å². The zero-order chi connectivity index (χ0) is 31.8. The van der Waals surface area contributed by atoms with Crippen LogP contribution in [-0.4, -0.2) is 52.2 Å². The molecule has 4 N–H and O–H groups in total. The number of hydrogen-bond acceptors (Lipinski definition) is 5. The summed E-state index contributed by atoms with van der Waals surface area (Å²) in [5, 5.41) is 12.2. The fourth-order valence-electron chi connectivity index (χ4n) is 3.30. The number of carbonyl (C=O) groups is 2. The van der Waals surface area contributed by atoms with E-state index in [2.05, 4.69) is 49.0 Å². The first-order valence-corrected chi connectivity index (χ1v) is 15.4. The van der Waals surface area contributed by atoms with Crippen LogP contribution < -0.4 is 21.3 Å². The van der Waals surface area contributed by atoms with E-state index in [4.69, 9.17) is 27.9 Å². The van der Waals surface area contributed by atoms with Crippen molar-refractivity contribution < 1.29 is 18.7 Å². The average Bonchev–Trinajstić information content (AvgIpc) is 3.00. The van der Waals surface area contributed by atoms with Crippen molar-refractivity contribution in [2.75, 3.05) is 44.7 Å². The number of anilines is 1. The highest BCUT2D eigenvalue weighted by atomic mass is 35.5. The van der Waals surface area contributed by atoms with Crippen LogP contribution in [0.25, 0.3) is 0 Å². The Kier molecular flexibility index (Phi) is 23.0. The highest BCUT2D eigenvalue weighted by Crippen LogP contribution is 2.25. The van der Waals surface area contributed by atoms with Gasteiger partial charge in [-0.25, -0.2) is 4.39 Å². The Morgan fingerprint density at radius 2 is 1.71 bits per heavy atom. The van der Waals surface area contributed by atoms with Gasteiger partial charge in [0.15, 0.2) is 0 Å². The maximum absolute atomic E-state index is 14.0. The van der Waals surface area contributed by atoms with Crippen LogP contribution in [-0.2, 0) is 20.9 Å². The largest absolute Gasteiger partial charge is 0.379 e. The third kappa shape index (κ3) is 18.3. The molecule has 0 aromatic heterocycles. The van der Waals surface area contributed by atoms with E-state index in [-0.39, 0.29) is 16.8 Å². The van der Waals surface area contributed by atoms with Crippen molar-refractivity contribution in [2.45, 2.75) is 73.3 Å². The van der Waals surface area contributed by atoms with Crippen LogP contribution in [0.5, 0.6) is 0 Å². The Labute approximate surface area is 262 Å². The number of ether oxygens (including phenoxy) is 1. The van der Waals surface area contributed by atoms with Crippen LogP contribution in [0.3, 0.4) is 0 Å². The highest BCUT2D eigenvalue weighted by Gasteiger charge is 2.13. The summed E-state index contributed by atoms with van der Waals surface area (Å²) in [7, 11) is 0. The molecule has 0 saturated carbocycles. The van der Waals surface area contributed by atoms with Gasteiger partial charge >= 0.3 is 0 Å². The molecule has 7 nitrogen and oxygen atoms in total. The first-order valence-electron chi connectivity index (χ1n) is 14.6. The summed E-state index contributed by atoms with van der Waals surface area (Å²) >= 11 is 11.7. The zero-order valence-electron chi connectivity index (χ0n) is 26.1. The van der Waals surface area contributed by atoms with E-state index in [1.165, 1.54) is 18.9 Å². The van der Waals surface area contributed by atoms with E-state index in [0.717, 1.165) is 44.8 Å². The van der Waals surface area contributed by atoms with E-state index < -0.39 is 0 Å². The van der Waals surface area contributed by atoms with Gasteiger partial charge in [0.2, 0.25) is 12.8 Å². The Bertz CT molecular complexity index is 990. The molecule has 0 bridgehead atoms. The SMILES string of the molecule is C1COCCN1.CC(CNCc1ccc(Cl)cc1NC=O)c1cccc(Cl)c1F.CCC(C)(C)CC.CCCNC=O. The predicted octanol–water partition coefficient (Wildman–Crippen LogP) is 7.18. The van der Waals surface area contributed by atoms with E-state index >= 15 is 0 Å². The molecule has 0 aliphatic carbocycles. The summed E-state index contributed by atoms with van der Waals surface area (Å²) in [6.45, 7) is 18.7. The summed E-state index contributed by atoms with van der Waals surface area (Å²) < 4.78 is 19.0. The molecule has 10 heteroatoms. The van der Waals surface area contributed by atoms with Crippen molar-refractivity contribution in [1.29, 1.82) is 0 Å². The smallest absolute Gasteiger partial charge is 0.211 e. The first kappa shape index (κ1) is 39.8. The van der Waals surface area contributed by atoms with Crippen molar-refractivity contribution in [3.05, 3.63) is 63.4 Å². The number of carbonyl (C=O) groups excluding carboxylic acids is 2. The fourth-order valence-corrected chi connectivity index (χ4v) is 3.66. The van der Waals surface area contributed by atoms with Crippen molar-refractivity contribution in [3.8, 4) is 0 Å². The zero-order valence-corrected chi connectivity index (χ0v) is 27.6. The summed E-state index contributed by atoms with van der Waals surface area (Å²) in [4.78, 5) is 20.1. The van der Waals surface area contributed by atoms with Gasteiger partial charge < -0.3 is 26.0 Å². The second-order valence-electron chi connectivity index (χ2n) is 10.5. The van der Waals surface area contributed by atoms with E-state index in [9.17, 15) is 14.0 Å². The van der Waals surface area contributed by atoms with Crippen molar-refractivity contribution in [2.24, 2.45) is 5.41 Å². The van der Waals surface area contributed by atoms with E-state index in [0.29, 0.717) is 47.6 Å². The monoisotopic (exact) mass is 628 g/mol. The maximum Gasteiger partial charge on any atom is 0.211 e. The minimum atomic E-state index is -0.377. The number of nitrogens with one attached hydrogen (secondary N) is 4. The van der Waals surface area contributed by atoms with Gasteiger partial charge in [0, 0.05) is 43.4 Å². The number of benzene rings is 2. The average molecular weight is 630 g/mol. The third-order valence-corrected chi connectivity index (χ3v) is 7.33. The Hall–Kier alpha value is -2.23. The predicted molar refractivity (Wildman–Crippen MR) is 175 cm³/mol. The van der Waals surface area contributed by atoms with Crippen LogP contribution in [0, 0.1) is 11.2 Å². The van der Waals surface area contributed by atoms with Gasteiger partial charge in [-0.15, -0.1) is 0 Å². The molecule has 2 aromatic carbocycles. The molecule has 1 heterocycles. The number of amides is 2. The molecule has 1 saturated heterocycles. The Balaban J connectivity index is 0.000000713. The first-order chi connectivity index (χ1) is 20.1. The lowest BCUT2D eigenvalue weighted by Gasteiger charge is -2.18. The molecule has 1 unspecified atom stereocenters. The molecule has 42 heavy (non-hydrogen) atoms. The third-order valence-electron chi connectivity index (χ3n) is 6.80.